The molecule has 8 nitrogen and oxygen atoms in total. The standard InChI is InChI=1S/C24H37F3N4O4S2/c1-28-12-9-21(10-13-28)29-14-16-30(17-15-29)36(32,33)18-4-7-22-6-3-11-31(22)37(34,35)23-8-2-5-20(19-23)24(25,26)27/h2,5,8,19,21-22H,3-4,6-7,9-18H2,1H3/t22-/m0/s1. The van der Waals surface area contributed by atoms with Crippen molar-refractivity contribution in [2.24, 2.45) is 0 Å². The third-order valence-corrected chi connectivity index (χ3v) is 11.8. The van der Waals surface area contributed by atoms with E-state index in [2.05, 4.69) is 16.8 Å². The van der Waals surface area contributed by atoms with E-state index < -0.39 is 37.8 Å². The largest absolute Gasteiger partial charge is 0.416 e. The predicted octanol–water partition coefficient (Wildman–Crippen LogP) is 2.68. The van der Waals surface area contributed by atoms with E-state index in [1.807, 2.05) is 0 Å². The van der Waals surface area contributed by atoms with Gasteiger partial charge >= 0.3 is 6.18 Å². The Labute approximate surface area is 218 Å². The lowest BCUT2D eigenvalue weighted by Crippen LogP contribution is -2.54. The minimum absolute atomic E-state index is 0.0603. The summed E-state index contributed by atoms with van der Waals surface area (Å²) in [5.41, 5.74) is -1.01. The molecule has 3 fully saturated rings. The molecular formula is C24H37F3N4O4S2. The van der Waals surface area contributed by atoms with Gasteiger partial charge in [0, 0.05) is 44.8 Å². The SMILES string of the molecule is CN1CCC(N2CCN(S(=O)(=O)CCC[C@@H]3CCCN3S(=O)(=O)c3cccc(C(F)(F)F)c3)CC2)CC1. The molecule has 1 aromatic carbocycles. The molecule has 3 aliphatic rings. The molecule has 0 saturated carbocycles. The fourth-order valence-electron chi connectivity index (χ4n) is 5.72. The topological polar surface area (TPSA) is 81.2 Å². The van der Waals surface area contributed by atoms with Crippen LogP contribution in [0, 0.1) is 0 Å². The van der Waals surface area contributed by atoms with Crippen molar-refractivity contribution < 1.29 is 30.0 Å². The zero-order chi connectivity index (χ0) is 26.8. The molecule has 0 aliphatic carbocycles. The molecule has 4 rings (SSSR count). The summed E-state index contributed by atoms with van der Waals surface area (Å²) in [6.45, 7) is 4.71. The molecule has 210 valence electrons. The summed E-state index contributed by atoms with van der Waals surface area (Å²) in [4.78, 5) is 4.33. The first-order valence-corrected chi connectivity index (χ1v) is 16.0. The minimum Gasteiger partial charge on any atom is -0.306 e. The van der Waals surface area contributed by atoms with E-state index in [1.165, 1.54) is 10.4 Å². The maximum atomic E-state index is 13.1. The second kappa shape index (κ2) is 11.5. The fourth-order valence-corrected chi connectivity index (χ4v) is 9.00. The summed E-state index contributed by atoms with van der Waals surface area (Å²) in [5, 5.41) is 0. The molecule has 0 aromatic heterocycles. The van der Waals surface area contributed by atoms with Crippen molar-refractivity contribution in [2.45, 2.75) is 61.7 Å². The quantitative estimate of drug-likeness (QED) is 0.482. The second-order valence-corrected chi connectivity index (χ2v) is 14.3. The van der Waals surface area contributed by atoms with Crippen LogP contribution in [0.5, 0.6) is 0 Å². The Hall–Kier alpha value is -1.25. The summed E-state index contributed by atoms with van der Waals surface area (Å²) in [7, 11) is -5.45. The van der Waals surface area contributed by atoms with Crippen molar-refractivity contribution in [1.29, 1.82) is 0 Å². The molecule has 0 bridgehead atoms. The van der Waals surface area contributed by atoms with Crippen molar-refractivity contribution in [3.63, 3.8) is 0 Å². The van der Waals surface area contributed by atoms with E-state index in [1.54, 1.807) is 4.31 Å². The summed E-state index contributed by atoms with van der Waals surface area (Å²) in [6.07, 6.45) is -0.621. The number of piperidine rings is 1. The molecule has 3 saturated heterocycles. The number of likely N-dealkylation sites (tertiary alicyclic amines) is 1. The average Bonchev–Trinajstić information content (AvgIpc) is 3.34. The van der Waals surface area contributed by atoms with Gasteiger partial charge in [0.25, 0.3) is 0 Å². The monoisotopic (exact) mass is 566 g/mol. The van der Waals surface area contributed by atoms with Crippen LogP contribution in [-0.2, 0) is 26.2 Å². The van der Waals surface area contributed by atoms with Gasteiger partial charge < -0.3 is 4.90 Å². The van der Waals surface area contributed by atoms with Gasteiger partial charge in [-0.2, -0.15) is 21.8 Å². The van der Waals surface area contributed by atoms with Crippen LogP contribution in [-0.4, -0.2) is 106 Å². The lowest BCUT2D eigenvalue weighted by Gasteiger charge is -2.41. The van der Waals surface area contributed by atoms with Gasteiger partial charge in [0.2, 0.25) is 20.0 Å². The highest BCUT2D eigenvalue weighted by Gasteiger charge is 2.38. The Morgan fingerprint density at radius 1 is 0.919 bits per heavy atom. The number of hydrogen-bond acceptors (Lipinski definition) is 6. The van der Waals surface area contributed by atoms with Crippen molar-refractivity contribution in [2.75, 3.05) is 58.6 Å². The molecule has 1 aromatic rings. The number of piperazine rings is 1. The predicted molar refractivity (Wildman–Crippen MR) is 135 cm³/mol. The number of nitrogens with zero attached hydrogens (tertiary/aromatic N) is 4. The van der Waals surface area contributed by atoms with Crippen LogP contribution in [0.2, 0.25) is 0 Å². The van der Waals surface area contributed by atoms with Crippen molar-refractivity contribution >= 4 is 20.0 Å². The van der Waals surface area contributed by atoms with Crippen LogP contribution in [0.3, 0.4) is 0 Å². The molecule has 0 amide bonds. The summed E-state index contributed by atoms with van der Waals surface area (Å²) >= 11 is 0. The van der Waals surface area contributed by atoms with Crippen LogP contribution in [0.4, 0.5) is 13.2 Å². The van der Waals surface area contributed by atoms with E-state index in [0.717, 1.165) is 51.2 Å². The highest BCUT2D eigenvalue weighted by Crippen LogP contribution is 2.33. The van der Waals surface area contributed by atoms with Gasteiger partial charge in [0.15, 0.2) is 0 Å². The zero-order valence-corrected chi connectivity index (χ0v) is 22.9. The molecule has 0 unspecified atom stereocenters. The third-order valence-electron chi connectivity index (χ3n) is 7.90. The summed E-state index contributed by atoms with van der Waals surface area (Å²) in [6, 6.07) is 3.87. The first-order chi connectivity index (χ1) is 17.4. The summed E-state index contributed by atoms with van der Waals surface area (Å²) < 4.78 is 94.3. The van der Waals surface area contributed by atoms with E-state index in [9.17, 15) is 30.0 Å². The highest BCUT2D eigenvalue weighted by atomic mass is 32.2. The molecular weight excluding hydrogens is 529 g/mol. The molecule has 1 atom stereocenters. The maximum absolute atomic E-state index is 13.1. The van der Waals surface area contributed by atoms with Crippen LogP contribution in [0.15, 0.2) is 29.2 Å². The van der Waals surface area contributed by atoms with Gasteiger partial charge in [-0.25, -0.2) is 16.8 Å². The van der Waals surface area contributed by atoms with E-state index in [4.69, 9.17) is 0 Å². The zero-order valence-electron chi connectivity index (χ0n) is 21.2. The first-order valence-electron chi connectivity index (χ1n) is 13.0. The fraction of sp³-hybridized carbons (Fsp3) is 0.750. The van der Waals surface area contributed by atoms with Crippen LogP contribution >= 0.6 is 0 Å². The number of sulfonamides is 2. The van der Waals surface area contributed by atoms with Gasteiger partial charge in [-0.05, 0) is 76.9 Å². The van der Waals surface area contributed by atoms with Gasteiger partial charge in [0.05, 0.1) is 16.2 Å². The normalized spacial score (nSPS) is 24.6. The van der Waals surface area contributed by atoms with Crippen molar-refractivity contribution in [3.8, 4) is 0 Å². The maximum Gasteiger partial charge on any atom is 0.416 e. The van der Waals surface area contributed by atoms with Gasteiger partial charge in [-0.3, -0.25) is 4.90 Å². The van der Waals surface area contributed by atoms with E-state index in [-0.39, 0.29) is 17.2 Å². The lowest BCUT2D eigenvalue weighted by atomic mass is 10.0. The van der Waals surface area contributed by atoms with Crippen LogP contribution in [0.1, 0.15) is 44.1 Å². The first kappa shape index (κ1) is 28.8. The van der Waals surface area contributed by atoms with Gasteiger partial charge in [-0.15, -0.1) is 0 Å². The van der Waals surface area contributed by atoms with Crippen molar-refractivity contribution in [1.82, 2.24) is 18.4 Å². The smallest absolute Gasteiger partial charge is 0.306 e. The number of hydrogen-bond donors (Lipinski definition) is 0. The van der Waals surface area contributed by atoms with Gasteiger partial charge in [0.1, 0.15) is 0 Å². The minimum atomic E-state index is -4.64. The molecule has 0 radical (unpaired) electrons. The third kappa shape index (κ3) is 6.85. The Bertz CT molecular complexity index is 1130. The Kier molecular flexibility index (Phi) is 8.91. The number of halogens is 3. The van der Waals surface area contributed by atoms with E-state index >= 15 is 0 Å². The van der Waals surface area contributed by atoms with Gasteiger partial charge in [-0.1, -0.05) is 6.07 Å². The molecule has 3 aliphatic heterocycles. The summed E-state index contributed by atoms with van der Waals surface area (Å²) in [5.74, 6) is -0.0603. The molecule has 3 heterocycles. The van der Waals surface area contributed by atoms with Crippen molar-refractivity contribution in [3.05, 3.63) is 29.8 Å². The molecule has 37 heavy (non-hydrogen) atoms. The number of rotatable bonds is 8. The number of benzene rings is 1. The Balaban J connectivity index is 1.30. The second-order valence-electron chi connectivity index (χ2n) is 10.4. The Morgan fingerprint density at radius 2 is 1.59 bits per heavy atom. The molecule has 13 heteroatoms. The van der Waals surface area contributed by atoms with Crippen LogP contribution in [0.25, 0.3) is 0 Å². The van der Waals surface area contributed by atoms with Crippen LogP contribution < -0.4 is 0 Å². The molecule has 0 N–H and O–H groups in total. The molecule has 0 spiro atoms. The van der Waals surface area contributed by atoms with E-state index in [0.29, 0.717) is 50.9 Å². The average molecular weight is 567 g/mol. The lowest BCUT2D eigenvalue weighted by molar-refractivity contribution is -0.137. The number of alkyl halides is 3. The Morgan fingerprint density at radius 3 is 2.24 bits per heavy atom. The highest BCUT2D eigenvalue weighted by molar-refractivity contribution is 7.89.